The molecular formula is C29H39Cl2N5O3. The van der Waals surface area contributed by atoms with Gasteiger partial charge in [0.1, 0.15) is 5.82 Å². The van der Waals surface area contributed by atoms with E-state index in [9.17, 15) is 15.0 Å². The molecule has 39 heavy (non-hydrogen) atoms. The Labute approximate surface area is 240 Å². The summed E-state index contributed by atoms with van der Waals surface area (Å²) >= 11 is 12.5. The number of aliphatic hydroxyl groups is 1. The first-order valence-corrected chi connectivity index (χ1v) is 14.6. The van der Waals surface area contributed by atoms with Gasteiger partial charge in [-0.2, -0.15) is 4.98 Å². The summed E-state index contributed by atoms with van der Waals surface area (Å²) < 4.78 is 0. The molecule has 3 fully saturated rings. The highest BCUT2D eigenvalue weighted by Crippen LogP contribution is 2.45. The molecule has 2 saturated heterocycles. The van der Waals surface area contributed by atoms with Gasteiger partial charge in [0.2, 0.25) is 5.95 Å². The zero-order valence-electron chi connectivity index (χ0n) is 23.1. The number of rotatable bonds is 8. The monoisotopic (exact) mass is 575 g/mol. The molecule has 0 radical (unpaired) electrons. The van der Waals surface area contributed by atoms with Crippen LogP contribution in [0.3, 0.4) is 0 Å². The zero-order chi connectivity index (χ0) is 28.1. The number of carboxylic acids is 1. The highest BCUT2D eigenvalue weighted by Gasteiger charge is 2.49. The number of benzene rings is 1. The van der Waals surface area contributed by atoms with Crippen molar-refractivity contribution in [2.24, 2.45) is 17.3 Å². The summed E-state index contributed by atoms with van der Waals surface area (Å²) in [5.41, 5.74) is -0.161. The fourth-order valence-electron chi connectivity index (χ4n) is 6.36. The molecule has 3 N–H and O–H groups in total. The minimum absolute atomic E-state index is 0.162. The number of aliphatic carboxylic acids is 1. The number of carbonyl (C=O) groups is 1. The van der Waals surface area contributed by atoms with E-state index in [0.29, 0.717) is 45.3 Å². The number of likely N-dealkylation sites (tertiary alicyclic amines) is 1. The average molecular weight is 577 g/mol. The van der Waals surface area contributed by atoms with Crippen molar-refractivity contribution in [1.29, 1.82) is 0 Å². The Kier molecular flexibility index (Phi) is 7.79. The first kappa shape index (κ1) is 28.4. The van der Waals surface area contributed by atoms with Crippen LogP contribution < -0.4 is 10.2 Å². The lowest BCUT2D eigenvalue weighted by Gasteiger charge is -2.52. The molecule has 1 aliphatic carbocycles. The Morgan fingerprint density at radius 1 is 1.21 bits per heavy atom. The van der Waals surface area contributed by atoms with Gasteiger partial charge in [-0.1, -0.05) is 29.3 Å². The molecule has 3 aliphatic rings. The van der Waals surface area contributed by atoms with E-state index in [1.54, 1.807) is 26.1 Å². The summed E-state index contributed by atoms with van der Waals surface area (Å²) in [7, 11) is 0. The molecule has 2 aromatic rings. The van der Waals surface area contributed by atoms with Gasteiger partial charge in [0, 0.05) is 47.5 Å². The Hall–Kier alpha value is -2.13. The van der Waals surface area contributed by atoms with Gasteiger partial charge in [-0.05, 0) is 89.5 Å². The van der Waals surface area contributed by atoms with Crippen LogP contribution in [-0.4, -0.2) is 63.3 Å². The number of hydrogen-bond donors (Lipinski definition) is 3. The van der Waals surface area contributed by atoms with Gasteiger partial charge in [-0.15, -0.1) is 0 Å². The van der Waals surface area contributed by atoms with E-state index in [4.69, 9.17) is 28.2 Å². The van der Waals surface area contributed by atoms with Crippen molar-refractivity contribution in [3.8, 4) is 0 Å². The van der Waals surface area contributed by atoms with Gasteiger partial charge in [-0.3, -0.25) is 4.79 Å². The number of aromatic nitrogens is 2. The Morgan fingerprint density at radius 3 is 2.56 bits per heavy atom. The largest absolute Gasteiger partial charge is 0.481 e. The van der Waals surface area contributed by atoms with E-state index in [0.717, 1.165) is 51.0 Å². The highest BCUT2D eigenvalue weighted by molar-refractivity contribution is 6.35. The predicted molar refractivity (Wildman–Crippen MR) is 155 cm³/mol. The zero-order valence-corrected chi connectivity index (χ0v) is 24.6. The van der Waals surface area contributed by atoms with Gasteiger partial charge in [0.05, 0.1) is 17.1 Å². The molecule has 1 aromatic carbocycles. The van der Waals surface area contributed by atoms with E-state index in [-0.39, 0.29) is 6.04 Å². The molecule has 10 heteroatoms. The lowest BCUT2D eigenvalue weighted by atomic mass is 9.65. The fourth-order valence-corrected chi connectivity index (χ4v) is 6.93. The summed E-state index contributed by atoms with van der Waals surface area (Å²) in [6, 6.07) is 5.67. The van der Waals surface area contributed by atoms with Crippen LogP contribution >= 0.6 is 23.2 Å². The van der Waals surface area contributed by atoms with Gasteiger partial charge in [-0.25, -0.2) is 4.98 Å². The van der Waals surface area contributed by atoms with Crippen molar-refractivity contribution in [3.05, 3.63) is 45.6 Å². The van der Waals surface area contributed by atoms with Crippen LogP contribution in [0.15, 0.2) is 24.4 Å². The average Bonchev–Trinajstić information content (AvgIpc) is 2.80. The maximum atomic E-state index is 11.5. The van der Waals surface area contributed by atoms with Gasteiger partial charge in [0.25, 0.3) is 0 Å². The third kappa shape index (κ3) is 5.85. The molecule has 0 bridgehead atoms. The molecular weight excluding hydrogens is 537 g/mol. The molecule has 2 atom stereocenters. The summed E-state index contributed by atoms with van der Waals surface area (Å²) in [6.45, 7) is 11.2. The third-order valence-electron chi connectivity index (χ3n) is 8.97. The van der Waals surface area contributed by atoms with Crippen molar-refractivity contribution in [2.45, 2.75) is 71.1 Å². The van der Waals surface area contributed by atoms with E-state index in [2.05, 4.69) is 20.1 Å². The molecule has 3 heterocycles. The van der Waals surface area contributed by atoms with E-state index >= 15 is 0 Å². The van der Waals surface area contributed by atoms with Crippen LogP contribution in [0, 0.1) is 17.3 Å². The van der Waals surface area contributed by atoms with Crippen molar-refractivity contribution in [3.63, 3.8) is 0 Å². The van der Waals surface area contributed by atoms with Crippen LogP contribution in [-0.2, 0) is 10.4 Å². The number of hydrogen-bond acceptors (Lipinski definition) is 7. The number of piperidine rings is 1. The highest BCUT2D eigenvalue weighted by atomic mass is 35.5. The molecule has 0 unspecified atom stereocenters. The predicted octanol–water partition coefficient (Wildman–Crippen LogP) is 5.59. The normalized spacial score (nSPS) is 27.0. The summed E-state index contributed by atoms with van der Waals surface area (Å²) in [6.07, 6.45) is 5.60. The SMILES string of the molecule is C[C@@H](Nc1nc(N2CC([C@H]3CCCN(C4CC(C)(C(=O)O)C4)C3)C2)ncc1C(C)(C)O)c1ccc(Cl)cc1Cl. The second-order valence-corrected chi connectivity index (χ2v) is 13.4. The lowest BCUT2D eigenvalue weighted by molar-refractivity contribution is -0.158. The summed E-state index contributed by atoms with van der Waals surface area (Å²) in [4.78, 5) is 25.7. The molecule has 5 rings (SSSR count). The molecule has 0 spiro atoms. The number of anilines is 2. The smallest absolute Gasteiger partial charge is 0.309 e. The summed E-state index contributed by atoms with van der Waals surface area (Å²) in [5.74, 6) is 1.74. The van der Waals surface area contributed by atoms with Crippen molar-refractivity contribution < 1.29 is 15.0 Å². The van der Waals surface area contributed by atoms with E-state index in [1.165, 1.54) is 6.42 Å². The molecule has 0 amide bonds. The number of halogens is 2. The molecule has 1 aromatic heterocycles. The minimum atomic E-state index is -1.12. The number of nitrogens with zero attached hydrogens (tertiary/aromatic N) is 4. The standard InChI is InChI=1S/C29H39Cl2N5O3/c1-17(22-8-7-20(30)10-24(22)31)33-25-23(28(2,3)39)13-32-27(34-25)36-15-19(16-36)18-6-5-9-35(14-18)21-11-29(4,12-21)26(37)38/h7-8,10,13,17-19,21,39H,5-6,9,11-12,14-16H2,1-4H3,(H,37,38)(H,32,33,34)/t17-,18+,21?,29?/m1/s1. The molecule has 2 aliphatic heterocycles. The lowest BCUT2D eigenvalue weighted by Crippen LogP contribution is -2.58. The second kappa shape index (κ2) is 10.7. The van der Waals surface area contributed by atoms with Gasteiger partial charge in [0.15, 0.2) is 0 Å². The van der Waals surface area contributed by atoms with Crippen molar-refractivity contribution in [1.82, 2.24) is 14.9 Å². The van der Waals surface area contributed by atoms with Crippen LogP contribution in [0.1, 0.15) is 70.5 Å². The first-order valence-electron chi connectivity index (χ1n) is 13.9. The summed E-state index contributed by atoms with van der Waals surface area (Å²) in [5, 5.41) is 24.9. The first-order chi connectivity index (χ1) is 18.3. The van der Waals surface area contributed by atoms with Crippen LogP contribution in [0.5, 0.6) is 0 Å². The number of nitrogens with one attached hydrogen (secondary N) is 1. The molecule has 212 valence electrons. The Morgan fingerprint density at radius 2 is 1.92 bits per heavy atom. The van der Waals surface area contributed by atoms with Crippen LogP contribution in [0.4, 0.5) is 11.8 Å². The Balaban J connectivity index is 1.24. The van der Waals surface area contributed by atoms with Gasteiger partial charge >= 0.3 is 5.97 Å². The maximum absolute atomic E-state index is 11.5. The maximum Gasteiger partial charge on any atom is 0.309 e. The Bertz CT molecular complexity index is 1220. The third-order valence-corrected chi connectivity index (χ3v) is 9.53. The van der Waals surface area contributed by atoms with E-state index < -0.39 is 17.0 Å². The second-order valence-electron chi connectivity index (χ2n) is 12.5. The van der Waals surface area contributed by atoms with Crippen LogP contribution in [0.2, 0.25) is 10.0 Å². The van der Waals surface area contributed by atoms with Gasteiger partial charge < -0.3 is 25.3 Å². The fraction of sp³-hybridized carbons (Fsp3) is 0.621. The minimum Gasteiger partial charge on any atom is -0.481 e. The molecule has 1 saturated carbocycles. The van der Waals surface area contributed by atoms with Crippen LogP contribution in [0.25, 0.3) is 0 Å². The van der Waals surface area contributed by atoms with Crippen molar-refractivity contribution in [2.75, 3.05) is 36.4 Å². The quantitative estimate of drug-likeness (QED) is 0.374. The van der Waals surface area contributed by atoms with E-state index in [1.807, 2.05) is 26.0 Å². The number of carboxylic acid groups (broad SMARTS) is 1. The van der Waals surface area contributed by atoms with Crippen molar-refractivity contribution >= 4 is 40.9 Å². The molecule has 8 nitrogen and oxygen atoms in total. The topological polar surface area (TPSA) is 102 Å².